The first-order valence-electron chi connectivity index (χ1n) is 8.54. The Bertz CT molecular complexity index is 336. The molecule has 2 N–H and O–H groups in total. The van der Waals surface area contributed by atoms with Crippen LogP contribution in [0.3, 0.4) is 0 Å². The number of hydrogen-bond acceptors (Lipinski definition) is 2. The van der Waals surface area contributed by atoms with E-state index in [0.717, 1.165) is 32.1 Å². The van der Waals surface area contributed by atoms with E-state index in [2.05, 4.69) is 24.5 Å². The molecular formula is C17H32N2O2. The molecule has 2 atom stereocenters. The number of carbonyl (C=O) groups excluding carboxylic acids is 2. The highest BCUT2D eigenvalue weighted by molar-refractivity contribution is 5.88. The van der Waals surface area contributed by atoms with Crippen molar-refractivity contribution in [3.63, 3.8) is 0 Å². The average molecular weight is 296 g/mol. The molecule has 1 fully saturated rings. The van der Waals surface area contributed by atoms with Gasteiger partial charge < -0.3 is 10.6 Å². The minimum absolute atomic E-state index is 0.0396. The van der Waals surface area contributed by atoms with E-state index in [0.29, 0.717) is 12.3 Å². The first kappa shape index (κ1) is 18.0. The molecule has 122 valence electrons. The lowest BCUT2D eigenvalue weighted by Crippen LogP contribution is -2.51. The van der Waals surface area contributed by atoms with Crippen molar-refractivity contribution < 1.29 is 9.59 Å². The quantitative estimate of drug-likeness (QED) is 0.758. The molecule has 0 saturated heterocycles. The first-order chi connectivity index (χ1) is 9.93. The number of hydrogen-bond donors (Lipinski definition) is 2. The SMILES string of the molecule is CC[C@@H](C)NC(=O)[C@H](CC(C)C)NC(=O)C1CCCCC1. The Hall–Kier alpha value is -1.06. The predicted octanol–water partition coefficient (Wildman–Crippen LogP) is 3.01. The van der Waals surface area contributed by atoms with Gasteiger partial charge >= 0.3 is 0 Å². The fourth-order valence-electron chi connectivity index (χ4n) is 2.80. The number of rotatable bonds is 7. The van der Waals surface area contributed by atoms with Crippen molar-refractivity contribution in [2.75, 3.05) is 0 Å². The Labute approximate surface area is 129 Å². The van der Waals surface area contributed by atoms with Crippen LogP contribution in [0, 0.1) is 11.8 Å². The number of carbonyl (C=O) groups is 2. The van der Waals surface area contributed by atoms with Crippen LogP contribution < -0.4 is 10.6 Å². The van der Waals surface area contributed by atoms with Gasteiger partial charge in [-0.3, -0.25) is 9.59 Å². The average Bonchev–Trinajstić information content (AvgIpc) is 2.46. The highest BCUT2D eigenvalue weighted by Gasteiger charge is 2.27. The van der Waals surface area contributed by atoms with Gasteiger partial charge in [-0.15, -0.1) is 0 Å². The van der Waals surface area contributed by atoms with E-state index in [1.54, 1.807) is 0 Å². The van der Waals surface area contributed by atoms with Gasteiger partial charge in [-0.2, -0.15) is 0 Å². The van der Waals surface area contributed by atoms with Gasteiger partial charge in [-0.1, -0.05) is 40.0 Å². The summed E-state index contributed by atoms with van der Waals surface area (Å²) in [5, 5.41) is 5.99. The Morgan fingerprint density at radius 3 is 2.19 bits per heavy atom. The molecule has 4 heteroatoms. The van der Waals surface area contributed by atoms with Gasteiger partial charge in [0.1, 0.15) is 6.04 Å². The lowest BCUT2D eigenvalue weighted by molar-refractivity contribution is -0.132. The maximum Gasteiger partial charge on any atom is 0.242 e. The van der Waals surface area contributed by atoms with Gasteiger partial charge in [0, 0.05) is 12.0 Å². The molecule has 0 aromatic carbocycles. The van der Waals surface area contributed by atoms with E-state index in [4.69, 9.17) is 0 Å². The molecule has 2 amide bonds. The summed E-state index contributed by atoms with van der Waals surface area (Å²) >= 11 is 0. The summed E-state index contributed by atoms with van der Waals surface area (Å²) < 4.78 is 0. The Morgan fingerprint density at radius 1 is 1.05 bits per heavy atom. The molecular weight excluding hydrogens is 264 g/mol. The maximum atomic E-state index is 12.4. The summed E-state index contributed by atoms with van der Waals surface area (Å²) in [6.45, 7) is 8.20. The van der Waals surface area contributed by atoms with Crippen LogP contribution in [-0.4, -0.2) is 23.9 Å². The molecule has 0 spiro atoms. The lowest BCUT2D eigenvalue weighted by atomic mass is 9.88. The second-order valence-corrected chi connectivity index (χ2v) is 6.84. The molecule has 0 bridgehead atoms. The van der Waals surface area contributed by atoms with Crippen LogP contribution in [0.5, 0.6) is 0 Å². The van der Waals surface area contributed by atoms with Gasteiger partial charge in [0.15, 0.2) is 0 Å². The second kappa shape index (κ2) is 9.06. The summed E-state index contributed by atoms with van der Waals surface area (Å²) in [5.41, 5.74) is 0. The molecule has 1 saturated carbocycles. The second-order valence-electron chi connectivity index (χ2n) is 6.84. The predicted molar refractivity (Wildman–Crippen MR) is 85.9 cm³/mol. The lowest BCUT2D eigenvalue weighted by Gasteiger charge is -2.26. The van der Waals surface area contributed by atoms with E-state index < -0.39 is 6.04 Å². The van der Waals surface area contributed by atoms with E-state index in [1.807, 2.05) is 13.8 Å². The van der Waals surface area contributed by atoms with Crippen LogP contribution >= 0.6 is 0 Å². The van der Waals surface area contributed by atoms with Gasteiger partial charge in [0.05, 0.1) is 0 Å². The monoisotopic (exact) mass is 296 g/mol. The summed E-state index contributed by atoms with van der Waals surface area (Å²) in [7, 11) is 0. The first-order valence-corrected chi connectivity index (χ1v) is 8.54. The van der Waals surface area contributed by atoms with Crippen molar-refractivity contribution in [3.05, 3.63) is 0 Å². The van der Waals surface area contributed by atoms with E-state index in [-0.39, 0.29) is 23.8 Å². The molecule has 1 rings (SSSR count). The summed E-state index contributed by atoms with van der Waals surface area (Å²) in [4.78, 5) is 24.7. The zero-order valence-electron chi connectivity index (χ0n) is 14.1. The minimum atomic E-state index is -0.395. The van der Waals surface area contributed by atoms with Gasteiger partial charge in [0.2, 0.25) is 11.8 Å². The van der Waals surface area contributed by atoms with Crippen molar-refractivity contribution in [2.24, 2.45) is 11.8 Å². The van der Waals surface area contributed by atoms with Gasteiger partial charge in [-0.05, 0) is 38.5 Å². The summed E-state index contributed by atoms with van der Waals surface area (Å²) in [5.74, 6) is 0.510. The zero-order chi connectivity index (χ0) is 15.8. The van der Waals surface area contributed by atoms with E-state index >= 15 is 0 Å². The van der Waals surface area contributed by atoms with Crippen molar-refractivity contribution in [1.82, 2.24) is 10.6 Å². The molecule has 4 nitrogen and oxygen atoms in total. The molecule has 1 aliphatic rings. The van der Waals surface area contributed by atoms with Crippen LogP contribution in [0.4, 0.5) is 0 Å². The number of nitrogens with one attached hydrogen (secondary N) is 2. The van der Waals surface area contributed by atoms with Crippen LogP contribution in [0.1, 0.15) is 72.6 Å². The topological polar surface area (TPSA) is 58.2 Å². The fourth-order valence-corrected chi connectivity index (χ4v) is 2.80. The van der Waals surface area contributed by atoms with E-state index in [1.165, 1.54) is 6.42 Å². The minimum Gasteiger partial charge on any atom is -0.352 e. The zero-order valence-corrected chi connectivity index (χ0v) is 14.1. The molecule has 0 aromatic rings. The molecule has 21 heavy (non-hydrogen) atoms. The van der Waals surface area contributed by atoms with Crippen molar-refractivity contribution in [3.8, 4) is 0 Å². The number of amides is 2. The Balaban J connectivity index is 2.59. The Morgan fingerprint density at radius 2 is 1.67 bits per heavy atom. The molecule has 1 aliphatic carbocycles. The largest absolute Gasteiger partial charge is 0.352 e. The van der Waals surface area contributed by atoms with Crippen LogP contribution in [0.2, 0.25) is 0 Å². The molecule has 0 unspecified atom stereocenters. The highest BCUT2D eigenvalue weighted by Crippen LogP contribution is 2.24. The molecule has 0 radical (unpaired) electrons. The smallest absolute Gasteiger partial charge is 0.242 e. The third kappa shape index (κ3) is 6.49. The normalized spacial score (nSPS) is 19.1. The van der Waals surface area contributed by atoms with Crippen molar-refractivity contribution in [2.45, 2.75) is 84.7 Å². The molecule has 0 aliphatic heterocycles. The third-order valence-electron chi connectivity index (χ3n) is 4.32. The van der Waals surface area contributed by atoms with Crippen LogP contribution in [-0.2, 0) is 9.59 Å². The summed E-state index contributed by atoms with van der Waals surface area (Å²) in [6.07, 6.45) is 7.02. The van der Waals surface area contributed by atoms with E-state index in [9.17, 15) is 9.59 Å². The summed E-state index contributed by atoms with van der Waals surface area (Å²) in [6, 6.07) is -0.243. The van der Waals surface area contributed by atoms with Crippen molar-refractivity contribution >= 4 is 11.8 Å². The fraction of sp³-hybridized carbons (Fsp3) is 0.882. The van der Waals surface area contributed by atoms with Crippen molar-refractivity contribution in [1.29, 1.82) is 0 Å². The van der Waals surface area contributed by atoms with Crippen LogP contribution in [0.25, 0.3) is 0 Å². The molecule has 0 heterocycles. The third-order valence-corrected chi connectivity index (χ3v) is 4.32. The van der Waals surface area contributed by atoms with Crippen LogP contribution in [0.15, 0.2) is 0 Å². The maximum absolute atomic E-state index is 12.4. The standard InChI is InChI=1S/C17H32N2O2/c1-5-13(4)18-17(21)15(11-12(2)3)19-16(20)14-9-7-6-8-10-14/h12-15H,5-11H2,1-4H3,(H,18,21)(H,19,20)/t13-,15+/m1/s1. The van der Waals surface area contributed by atoms with Gasteiger partial charge in [0.25, 0.3) is 0 Å². The Kier molecular flexibility index (Phi) is 7.76. The molecule has 0 aromatic heterocycles. The van der Waals surface area contributed by atoms with Gasteiger partial charge in [-0.25, -0.2) is 0 Å². The highest BCUT2D eigenvalue weighted by atomic mass is 16.2.